The first-order valence-electron chi connectivity index (χ1n) is 6.43. The third kappa shape index (κ3) is 2.91. The molecule has 1 fully saturated rings. The zero-order valence-corrected chi connectivity index (χ0v) is 13.7. The molecule has 1 atom stereocenters. The molecule has 0 spiro atoms. The van der Waals surface area contributed by atoms with Crippen molar-refractivity contribution in [1.82, 2.24) is 4.31 Å². The van der Waals surface area contributed by atoms with Gasteiger partial charge in [0.15, 0.2) is 0 Å². The number of piperidine rings is 1. The molecule has 1 aromatic carbocycles. The lowest BCUT2D eigenvalue weighted by molar-refractivity contribution is 0.268. The van der Waals surface area contributed by atoms with Gasteiger partial charge in [-0.25, -0.2) is 8.42 Å². The lowest BCUT2D eigenvalue weighted by Gasteiger charge is -2.32. The fraction of sp³-hybridized carbons (Fsp3) is 0.538. The summed E-state index contributed by atoms with van der Waals surface area (Å²) in [4.78, 5) is 0.0405. The van der Waals surface area contributed by atoms with Crippen molar-refractivity contribution in [2.45, 2.75) is 37.1 Å². The lowest BCUT2D eigenvalue weighted by Crippen LogP contribution is -2.42. The van der Waals surface area contributed by atoms with Crippen LogP contribution in [0.15, 0.2) is 17.0 Å². The minimum absolute atomic E-state index is 0.0225. The second kappa shape index (κ2) is 6.10. The van der Waals surface area contributed by atoms with Gasteiger partial charge in [-0.1, -0.05) is 29.6 Å². The molecule has 1 aromatic rings. The van der Waals surface area contributed by atoms with Crippen LogP contribution in [-0.4, -0.2) is 32.4 Å². The highest BCUT2D eigenvalue weighted by molar-refractivity contribution is 7.89. The second-order valence-corrected chi connectivity index (χ2v) is 7.55. The fourth-order valence-electron chi connectivity index (χ4n) is 2.42. The van der Waals surface area contributed by atoms with Crippen molar-refractivity contribution in [3.63, 3.8) is 0 Å². The number of benzene rings is 1. The molecule has 0 radical (unpaired) electrons. The lowest BCUT2D eigenvalue weighted by atomic mass is 10.1. The molecule has 1 heterocycles. The number of halogens is 2. The SMILES string of the molecule is COc1cc(Cl)c(S(=O)(=O)N2CCCCC2C)cc1Cl. The maximum absolute atomic E-state index is 12.7. The Labute approximate surface area is 129 Å². The zero-order valence-electron chi connectivity index (χ0n) is 11.4. The van der Waals surface area contributed by atoms with E-state index in [1.165, 1.54) is 23.5 Å². The number of rotatable bonds is 3. The van der Waals surface area contributed by atoms with Gasteiger partial charge < -0.3 is 4.74 Å². The van der Waals surface area contributed by atoms with Crippen LogP contribution < -0.4 is 4.74 Å². The van der Waals surface area contributed by atoms with Crippen LogP contribution in [0, 0.1) is 0 Å². The monoisotopic (exact) mass is 337 g/mol. The maximum Gasteiger partial charge on any atom is 0.244 e. The van der Waals surface area contributed by atoms with Crippen molar-refractivity contribution < 1.29 is 13.2 Å². The van der Waals surface area contributed by atoms with Crippen LogP contribution in [0.3, 0.4) is 0 Å². The van der Waals surface area contributed by atoms with Gasteiger partial charge in [0.05, 0.1) is 17.2 Å². The summed E-state index contributed by atoms with van der Waals surface area (Å²) < 4.78 is 32.0. The predicted molar refractivity (Wildman–Crippen MR) is 80.2 cm³/mol. The second-order valence-electron chi connectivity index (χ2n) is 4.88. The van der Waals surface area contributed by atoms with Gasteiger partial charge >= 0.3 is 0 Å². The van der Waals surface area contributed by atoms with Crippen molar-refractivity contribution in [2.75, 3.05) is 13.7 Å². The Bertz CT molecular complexity index is 604. The predicted octanol–water partition coefficient (Wildman–Crippen LogP) is 3.57. The van der Waals surface area contributed by atoms with Crippen molar-refractivity contribution in [2.24, 2.45) is 0 Å². The van der Waals surface area contributed by atoms with Gasteiger partial charge in [0.25, 0.3) is 0 Å². The Kier molecular flexibility index (Phi) is 4.84. The molecule has 2 rings (SSSR count). The molecule has 0 aliphatic carbocycles. The Hall–Kier alpha value is -0.490. The van der Waals surface area contributed by atoms with E-state index >= 15 is 0 Å². The number of ether oxygens (including phenoxy) is 1. The van der Waals surface area contributed by atoms with Crippen molar-refractivity contribution in [1.29, 1.82) is 0 Å². The first-order valence-corrected chi connectivity index (χ1v) is 8.62. The summed E-state index contributed by atoms with van der Waals surface area (Å²) in [5, 5.41) is 0.365. The van der Waals surface area contributed by atoms with E-state index in [1.54, 1.807) is 0 Å². The summed E-state index contributed by atoms with van der Waals surface area (Å²) in [5.74, 6) is 0.363. The van der Waals surface area contributed by atoms with E-state index in [0.717, 1.165) is 19.3 Å². The van der Waals surface area contributed by atoms with Crippen LogP contribution in [-0.2, 0) is 10.0 Å². The smallest absolute Gasteiger partial charge is 0.244 e. The highest BCUT2D eigenvalue weighted by atomic mass is 35.5. The van der Waals surface area contributed by atoms with Gasteiger partial charge in [0, 0.05) is 18.7 Å². The highest BCUT2D eigenvalue weighted by Crippen LogP contribution is 2.36. The Morgan fingerprint density at radius 3 is 2.55 bits per heavy atom. The largest absolute Gasteiger partial charge is 0.495 e. The fourth-order valence-corrected chi connectivity index (χ4v) is 4.94. The van der Waals surface area contributed by atoms with Crippen molar-refractivity contribution in [3.8, 4) is 5.75 Å². The molecule has 7 heteroatoms. The normalized spacial score (nSPS) is 20.9. The molecule has 0 N–H and O–H groups in total. The van der Waals surface area contributed by atoms with Crippen molar-refractivity contribution in [3.05, 3.63) is 22.2 Å². The van der Waals surface area contributed by atoms with Gasteiger partial charge in [0.1, 0.15) is 10.6 Å². The molecule has 1 saturated heterocycles. The van der Waals surface area contributed by atoms with E-state index in [2.05, 4.69) is 0 Å². The van der Waals surface area contributed by atoms with E-state index < -0.39 is 10.0 Å². The molecule has 0 amide bonds. The molecule has 1 unspecified atom stereocenters. The minimum Gasteiger partial charge on any atom is -0.495 e. The number of hydrogen-bond acceptors (Lipinski definition) is 3. The van der Waals surface area contributed by atoms with Gasteiger partial charge in [-0.3, -0.25) is 0 Å². The number of nitrogens with zero attached hydrogens (tertiary/aromatic N) is 1. The number of methoxy groups -OCH3 is 1. The average Bonchev–Trinajstić information content (AvgIpc) is 2.41. The molecule has 20 heavy (non-hydrogen) atoms. The van der Waals surface area contributed by atoms with Gasteiger partial charge in [-0.2, -0.15) is 4.31 Å². The molecule has 0 bridgehead atoms. The summed E-state index contributed by atoms with van der Waals surface area (Å²) in [6, 6.07) is 2.77. The van der Waals surface area contributed by atoms with Gasteiger partial charge in [-0.15, -0.1) is 0 Å². The topological polar surface area (TPSA) is 46.6 Å². The molecule has 112 valence electrons. The first-order chi connectivity index (χ1) is 9.37. The number of hydrogen-bond donors (Lipinski definition) is 0. The van der Waals surface area contributed by atoms with Crippen LogP contribution in [0.25, 0.3) is 0 Å². The minimum atomic E-state index is -3.63. The van der Waals surface area contributed by atoms with Crippen LogP contribution in [0.5, 0.6) is 5.75 Å². The quantitative estimate of drug-likeness (QED) is 0.847. The highest BCUT2D eigenvalue weighted by Gasteiger charge is 2.33. The number of sulfonamides is 1. The summed E-state index contributed by atoms with van der Waals surface area (Å²) in [6.45, 7) is 2.43. The van der Waals surface area contributed by atoms with Crippen LogP contribution in [0.1, 0.15) is 26.2 Å². The molecular formula is C13H17Cl2NO3S. The van der Waals surface area contributed by atoms with Crippen LogP contribution in [0.2, 0.25) is 10.0 Å². The first kappa shape index (κ1) is 15.9. The third-order valence-electron chi connectivity index (χ3n) is 3.53. The molecule has 0 aromatic heterocycles. The van der Waals surface area contributed by atoms with E-state index in [-0.39, 0.29) is 21.0 Å². The van der Waals surface area contributed by atoms with E-state index in [1.807, 2.05) is 6.92 Å². The standard InChI is InChI=1S/C13H17Cl2NO3S/c1-9-5-3-4-6-16(9)20(17,18)13-8-10(14)12(19-2)7-11(13)15/h7-9H,3-6H2,1-2H3. The average molecular weight is 338 g/mol. The summed E-state index contributed by atoms with van der Waals surface area (Å²) in [5.41, 5.74) is 0. The zero-order chi connectivity index (χ0) is 14.9. The van der Waals surface area contributed by atoms with E-state index in [9.17, 15) is 8.42 Å². The summed E-state index contributed by atoms with van der Waals surface area (Å²) >= 11 is 12.1. The third-order valence-corrected chi connectivity index (χ3v) is 6.31. The van der Waals surface area contributed by atoms with Crippen LogP contribution in [0.4, 0.5) is 0 Å². The van der Waals surface area contributed by atoms with Crippen molar-refractivity contribution >= 4 is 33.2 Å². The molecule has 1 aliphatic rings. The Morgan fingerprint density at radius 2 is 1.95 bits per heavy atom. The molecule has 1 aliphatic heterocycles. The Balaban J connectivity index is 2.46. The van der Waals surface area contributed by atoms with E-state index in [0.29, 0.717) is 12.3 Å². The van der Waals surface area contributed by atoms with E-state index in [4.69, 9.17) is 27.9 Å². The maximum atomic E-state index is 12.7. The van der Waals surface area contributed by atoms with Crippen LogP contribution >= 0.6 is 23.2 Å². The Morgan fingerprint density at radius 1 is 1.25 bits per heavy atom. The summed E-state index contributed by atoms with van der Waals surface area (Å²) in [7, 11) is -2.17. The van der Waals surface area contributed by atoms with Gasteiger partial charge in [0.2, 0.25) is 10.0 Å². The molecule has 4 nitrogen and oxygen atoms in total. The molecular weight excluding hydrogens is 321 g/mol. The van der Waals surface area contributed by atoms with Gasteiger partial charge in [-0.05, 0) is 25.8 Å². The molecule has 0 saturated carbocycles. The summed E-state index contributed by atoms with van der Waals surface area (Å²) in [6.07, 6.45) is 2.77.